The average molecular weight is 481 g/mol. The van der Waals surface area contributed by atoms with Crippen molar-refractivity contribution in [2.75, 3.05) is 20.0 Å². The maximum atomic E-state index is 12.9. The number of ketones is 1. The highest BCUT2D eigenvalue weighted by atomic mass is 35.5. The van der Waals surface area contributed by atoms with E-state index in [9.17, 15) is 23.1 Å². The number of rotatable bonds is 8. The van der Waals surface area contributed by atoms with Gasteiger partial charge in [-0.3, -0.25) is 9.59 Å². The number of aromatic nitrogens is 2. The monoisotopic (exact) mass is 480 g/mol. The van der Waals surface area contributed by atoms with Crippen LogP contribution in [0.4, 0.5) is 0 Å². The lowest BCUT2D eigenvalue weighted by atomic mass is 10.0. The van der Waals surface area contributed by atoms with Crippen LogP contribution in [0.5, 0.6) is 5.88 Å². The standard InChI is InChI=1S/C22H24N2O6S.ClH/c1-22(19(26)14-25,31(3,28)29)9-11-24-10-8-16-12-15(4-6-18(16)21(24)27)17-5-7-20(30-2)23-13-17;/h4-8,10,12-13,25H,9,11,14H2,1-3H3;1H/t22-;/m1./s1. The molecule has 1 N–H and O–H groups in total. The molecule has 172 valence electrons. The van der Waals surface area contributed by atoms with Crippen LogP contribution in [0.2, 0.25) is 0 Å². The van der Waals surface area contributed by atoms with Crippen LogP contribution in [-0.2, 0) is 21.2 Å². The maximum Gasteiger partial charge on any atom is 0.258 e. The molecule has 10 heteroatoms. The highest BCUT2D eigenvalue weighted by molar-refractivity contribution is 7.92. The first kappa shape index (κ1) is 25.5. The van der Waals surface area contributed by atoms with E-state index in [1.165, 1.54) is 11.5 Å². The molecule has 0 saturated heterocycles. The predicted molar refractivity (Wildman–Crippen MR) is 125 cm³/mol. The first-order valence-electron chi connectivity index (χ1n) is 9.58. The van der Waals surface area contributed by atoms with Crippen molar-refractivity contribution in [3.8, 4) is 17.0 Å². The molecule has 0 saturated carbocycles. The summed E-state index contributed by atoms with van der Waals surface area (Å²) in [6, 6.07) is 10.8. The van der Waals surface area contributed by atoms with Crippen molar-refractivity contribution < 1.29 is 23.1 Å². The zero-order chi connectivity index (χ0) is 22.8. The van der Waals surface area contributed by atoms with E-state index in [1.54, 1.807) is 37.7 Å². The number of fused-ring (bicyclic) bond motifs is 1. The second-order valence-corrected chi connectivity index (χ2v) is 9.99. The number of carbonyl (C=O) groups is 1. The van der Waals surface area contributed by atoms with E-state index < -0.39 is 27.0 Å². The van der Waals surface area contributed by atoms with Gasteiger partial charge in [-0.05, 0) is 48.6 Å². The lowest BCUT2D eigenvalue weighted by Gasteiger charge is -2.25. The van der Waals surface area contributed by atoms with Gasteiger partial charge < -0.3 is 14.4 Å². The number of benzene rings is 1. The van der Waals surface area contributed by atoms with Gasteiger partial charge >= 0.3 is 0 Å². The zero-order valence-electron chi connectivity index (χ0n) is 17.9. The molecule has 1 aromatic carbocycles. The summed E-state index contributed by atoms with van der Waals surface area (Å²) in [6.45, 7) is 0.426. The predicted octanol–water partition coefficient (Wildman–Crippen LogP) is 2.25. The topological polar surface area (TPSA) is 116 Å². The number of methoxy groups -OCH3 is 1. The molecule has 0 aliphatic carbocycles. The molecule has 3 aromatic rings. The Labute approximate surface area is 192 Å². The lowest BCUT2D eigenvalue weighted by molar-refractivity contribution is -0.124. The van der Waals surface area contributed by atoms with E-state index in [4.69, 9.17) is 4.74 Å². The first-order valence-corrected chi connectivity index (χ1v) is 11.5. The van der Waals surface area contributed by atoms with Crippen molar-refractivity contribution in [2.24, 2.45) is 0 Å². The molecule has 3 rings (SSSR count). The number of halogens is 1. The van der Waals surface area contributed by atoms with Crippen molar-refractivity contribution in [1.82, 2.24) is 9.55 Å². The van der Waals surface area contributed by atoms with Gasteiger partial charge in [-0.1, -0.05) is 6.07 Å². The maximum absolute atomic E-state index is 12.9. The Hall–Kier alpha value is -2.75. The molecule has 0 amide bonds. The summed E-state index contributed by atoms with van der Waals surface area (Å²) in [6.07, 6.45) is 4.10. The van der Waals surface area contributed by atoms with Gasteiger partial charge in [0.25, 0.3) is 5.56 Å². The van der Waals surface area contributed by atoms with Crippen LogP contribution >= 0.6 is 12.4 Å². The van der Waals surface area contributed by atoms with Crippen molar-refractivity contribution in [2.45, 2.75) is 24.6 Å². The van der Waals surface area contributed by atoms with Crippen molar-refractivity contribution in [1.29, 1.82) is 0 Å². The van der Waals surface area contributed by atoms with Crippen LogP contribution < -0.4 is 10.3 Å². The van der Waals surface area contributed by atoms with Gasteiger partial charge in [0.1, 0.15) is 11.4 Å². The fraction of sp³-hybridized carbons (Fsp3) is 0.318. The third-order valence-corrected chi connectivity index (χ3v) is 7.71. The van der Waals surface area contributed by atoms with E-state index in [1.807, 2.05) is 18.2 Å². The summed E-state index contributed by atoms with van der Waals surface area (Å²) >= 11 is 0. The van der Waals surface area contributed by atoms with Crippen LogP contribution in [0.25, 0.3) is 21.9 Å². The van der Waals surface area contributed by atoms with Crippen molar-refractivity contribution in [3.05, 3.63) is 59.1 Å². The average Bonchev–Trinajstić information content (AvgIpc) is 2.76. The summed E-state index contributed by atoms with van der Waals surface area (Å²) in [5, 5.41) is 10.4. The van der Waals surface area contributed by atoms with Gasteiger partial charge in [0.15, 0.2) is 15.6 Å². The van der Waals surface area contributed by atoms with E-state index in [0.29, 0.717) is 11.3 Å². The van der Waals surface area contributed by atoms with Crippen LogP contribution in [0.1, 0.15) is 13.3 Å². The molecule has 0 spiro atoms. The number of carbonyl (C=O) groups excluding carboxylic acids is 1. The van der Waals surface area contributed by atoms with Crippen LogP contribution in [0.15, 0.2) is 53.6 Å². The third-order valence-electron chi connectivity index (χ3n) is 5.64. The molecule has 2 heterocycles. The summed E-state index contributed by atoms with van der Waals surface area (Å²) in [4.78, 5) is 29.2. The molecule has 8 nitrogen and oxygen atoms in total. The Morgan fingerprint density at radius 1 is 1.19 bits per heavy atom. The van der Waals surface area contributed by atoms with E-state index in [-0.39, 0.29) is 30.9 Å². The van der Waals surface area contributed by atoms with Crippen LogP contribution in [0.3, 0.4) is 0 Å². The first-order chi connectivity index (χ1) is 14.6. The minimum Gasteiger partial charge on any atom is -0.481 e. The number of ether oxygens (including phenoxy) is 1. The number of aliphatic hydroxyl groups is 1. The van der Waals surface area contributed by atoms with E-state index in [2.05, 4.69) is 4.98 Å². The Kier molecular flexibility index (Phi) is 7.82. The minimum absolute atomic E-state index is 0. The lowest BCUT2D eigenvalue weighted by Crippen LogP contribution is -2.46. The van der Waals surface area contributed by atoms with Crippen LogP contribution in [0, 0.1) is 0 Å². The minimum atomic E-state index is -3.78. The number of sulfone groups is 1. The molecule has 0 aliphatic heterocycles. The summed E-state index contributed by atoms with van der Waals surface area (Å²) in [5.74, 6) is -0.283. The van der Waals surface area contributed by atoms with Crippen LogP contribution in [-0.4, -0.2) is 53.6 Å². The quantitative estimate of drug-likeness (QED) is 0.525. The molecular weight excluding hydrogens is 456 g/mol. The summed E-state index contributed by atoms with van der Waals surface area (Å²) in [7, 11) is -2.24. The van der Waals surface area contributed by atoms with Gasteiger partial charge in [-0.2, -0.15) is 0 Å². The number of aliphatic hydroxyl groups excluding tert-OH is 1. The SMILES string of the molecule is COc1ccc(-c2ccc3c(=O)n(CC[C@](C)(C(=O)CO)S(C)(=O)=O)ccc3c2)cn1.Cl. The van der Waals surface area contributed by atoms with Gasteiger partial charge in [0.2, 0.25) is 5.88 Å². The molecule has 2 aromatic heterocycles. The van der Waals surface area contributed by atoms with Crippen molar-refractivity contribution in [3.63, 3.8) is 0 Å². The summed E-state index contributed by atoms with van der Waals surface area (Å²) < 4.78 is 29.0. The highest BCUT2D eigenvalue weighted by Gasteiger charge is 2.42. The normalized spacial score (nSPS) is 13.2. The fourth-order valence-corrected chi connectivity index (χ4v) is 4.29. The molecule has 1 atom stereocenters. The third kappa shape index (κ3) is 4.85. The van der Waals surface area contributed by atoms with Crippen molar-refractivity contribution >= 4 is 38.8 Å². The molecule has 0 bridgehead atoms. The van der Waals surface area contributed by atoms with Gasteiger partial charge in [0.05, 0.1) is 7.11 Å². The van der Waals surface area contributed by atoms with Gasteiger partial charge in [-0.15, -0.1) is 12.4 Å². The number of aryl methyl sites for hydroxylation is 1. The molecular formula is C22H25ClN2O6S. The Morgan fingerprint density at radius 3 is 2.44 bits per heavy atom. The Balaban J connectivity index is 0.00000363. The van der Waals surface area contributed by atoms with Gasteiger partial charge in [0, 0.05) is 42.2 Å². The Morgan fingerprint density at radius 2 is 1.88 bits per heavy atom. The second kappa shape index (κ2) is 9.81. The smallest absolute Gasteiger partial charge is 0.258 e. The van der Waals surface area contributed by atoms with Gasteiger partial charge in [-0.25, -0.2) is 13.4 Å². The highest BCUT2D eigenvalue weighted by Crippen LogP contribution is 2.25. The molecule has 0 unspecified atom stereocenters. The van der Waals surface area contributed by atoms with E-state index >= 15 is 0 Å². The number of pyridine rings is 2. The molecule has 32 heavy (non-hydrogen) atoms. The number of hydrogen-bond acceptors (Lipinski definition) is 7. The Bertz CT molecular complexity index is 1290. The number of Topliss-reactive ketones (excluding diaryl/α,β-unsaturated/α-hetero) is 1. The number of hydrogen-bond donors (Lipinski definition) is 1. The fourth-order valence-electron chi connectivity index (χ4n) is 3.35. The summed E-state index contributed by atoms with van der Waals surface area (Å²) in [5.41, 5.74) is 1.47. The second-order valence-electron chi connectivity index (χ2n) is 7.54. The van der Waals surface area contributed by atoms with E-state index in [0.717, 1.165) is 22.8 Å². The number of nitrogens with zero attached hydrogens (tertiary/aromatic N) is 2. The molecule has 0 aliphatic rings. The molecule has 0 fully saturated rings. The molecule has 0 radical (unpaired) electrons. The largest absolute Gasteiger partial charge is 0.481 e. The zero-order valence-corrected chi connectivity index (χ0v) is 19.6.